The summed E-state index contributed by atoms with van der Waals surface area (Å²) in [5, 5.41) is 9.80. The Kier molecular flexibility index (Phi) is 5.57. The Bertz CT molecular complexity index is 2090. The van der Waals surface area contributed by atoms with E-state index in [1.165, 1.54) is 28.8 Å². The zero-order chi connectivity index (χ0) is 30.5. The first-order chi connectivity index (χ1) is 21.0. The highest BCUT2D eigenvalue weighted by atomic mass is 35.5. The summed E-state index contributed by atoms with van der Waals surface area (Å²) in [6, 6.07) is 9.90. The van der Waals surface area contributed by atoms with Crippen molar-refractivity contribution in [3.05, 3.63) is 87.3 Å². The van der Waals surface area contributed by atoms with E-state index >= 15 is 4.39 Å². The minimum atomic E-state index is -4.69. The van der Waals surface area contributed by atoms with Crippen LogP contribution in [-0.4, -0.2) is 47.0 Å². The molecule has 2 aromatic carbocycles. The standard InChI is InChI=1S/C28H17ClF4N8O3/c29-12-2-4-18(40-9-20(38-39-40)28(31,32)33)15(6-12)17-8-22(43)41-24(13-7-14(13)27(41)35-17)26-36-23(25(30)37-26)11-1-3-16-19(5-11)44-10-21(42)34-16/h1-6,8-9,13-14,24H,7,10H2,(H,34,42)(H,36,37). The second-order valence-electron chi connectivity index (χ2n) is 10.7. The molecule has 0 radical (unpaired) electrons. The number of halogens is 5. The van der Waals surface area contributed by atoms with Crippen molar-refractivity contribution in [3.8, 4) is 34.0 Å². The Morgan fingerprint density at radius 3 is 2.70 bits per heavy atom. The number of carbonyl (C=O) groups is 1. The summed E-state index contributed by atoms with van der Waals surface area (Å²) in [7, 11) is 0. The number of hydrogen-bond acceptors (Lipinski definition) is 7. The van der Waals surface area contributed by atoms with Gasteiger partial charge in [0.2, 0.25) is 5.95 Å². The van der Waals surface area contributed by atoms with Gasteiger partial charge in [-0.2, -0.15) is 17.6 Å². The van der Waals surface area contributed by atoms with E-state index in [9.17, 15) is 22.8 Å². The van der Waals surface area contributed by atoms with Crippen LogP contribution in [-0.2, 0) is 11.0 Å². The molecule has 1 fully saturated rings. The van der Waals surface area contributed by atoms with E-state index in [4.69, 9.17) is 21.3 Å². The van der Waals surface area contributed by atoms with Crippen molar-refractivity contribution in [2.75, 3.05) is 11.9 Å². The number of aromatic amines is 1. The maximum Gasteiger partial charge on any atom is 0.436 e. The number of alkyl halides is 3. The number of imidazole rings is 1. The van der Waals surface area contributed by atoms with Crippen molar-refractivity contribution >= 4 is 23.2 Å². The molecular weight excluding hydrogens is 608 g/mol. The molecule has 44 heavy (non-hydrogen) atoms. The van der Waals surface area contributed by atoms with Crippen molar-refractivity contribution in [1.82, 2.24) is 34.5 Å². The Hall–Kier alpha value is -5.05. The third kappa shape index (κ3) is 4.17. The molecule has 3 atom stereocenters. The maximum absolute atomic E-state index is 15.2. The van der Waals surface area contributed by atoms with Crippen molar-refractivity contribution in [2.45, 2.75) is 24.6 Å². The van der Waals surface area contributed by atoms with Gasteiger partial charge in [0.1, 0.15) is 23.1 Å². The summed E-state index contributed by atoms with van der Waals surface area (Å²) in [5.74, 6) is -0.123. The lowest BCUT2D eigenvalue weighted by atomic mass is 10.1. The fourth-order valence-corrected chi connectivity index (χ4v) is 6.09. The minimum absolute atomic E-state index is 0.0607. The molecule has 0 saturated heterocycles. The molecule has 1 saturated carbocycles. The summed E-state index contributed by atoms with van der Waals surface area (Å²) in [4.78, 5) is 37.1. The van der Waals surface area contributed by atoms with E-state index in [-0.39, 0.29) is 57.8 Å². The molecule has 2 N–H and O–H groups in total. The molecule has 2 aliphatic heterocycles. The molecule has 3 unspecified atom stereocenters. The molecule has 1 amide bonds. The molecule has 11 nitrogen and oxygen atoms in total. The van der Waals surface area contributed by atoms with Gasteiger partial charge in [-0.25, -0.2) is 14.6 Å². The quantitative estimate of drug-likeness (QED) is 0.276. The topological polar surface area (TPSA) is 133 Å². The van der Waals surface area contributed by atoms with Crippen LogP contribution in [0.1, 0.15) is 35.7 Å². The molecule has 222 valence electrons. The Balaban J connectivity index is 1.17. The van der Waals surface area contributed by atoms with Crippen LogP contribution in [0.4, 0.5) is 23.2 Å². The second-order valence-corrected chi connectivity index (χ2v) is 11.1. The highest BCUT2D eigenvalue weighted by Gasteiger charge is 2.55. The van der Waals surface area contributed by atoms with Gasteiger partial charge >= 0.3 is 6.18 Å². The van der Waals surface area contributed by atoms with Crippen LogP contribution in [0.3, 0.4) is 0 Å². The lowest BCUT2D eigenvalue weighted by molar-refractivity contribution is -0.141. The zero-order valence-electron chi connectivity index (χ0n) is 22.1. The smallest absolute Gasteiger partial charge is 0.436 e. The molecule has 16 heteroatoms. The number of anilines is 1. The molecule has 0 spiro atoms. The predicted octanol–water partition coefficient (Wildman–Crippen LogP) is 4.73. The number of H-pyrrole nitrogens is 1. The Labute approximate surface area is 248 Å². The number of nitrogens with one attached hydrogen (secondary N) is 2. The number of fused-ring (bicyclic) bond motifs is 4. The number of amides is 1. The number of aromatic nitrogens is 7. The monoisotopic (exact) mass is 624 g/mol. The first-order valence-electron chi connectivity index (χ1n) is 13.3. The average Bonchev–Trinajstić information content (AvgIpc) is 3.28. The van der Waals surface area contributed by atoms with Gasteiger partial charge in [0.05, 0.1) is 29.3 Å². The normalized spacial score (nSPS) is 20.0. The minimum Gasteiger partial charge on any atom is -0.482 e. The summed E-state index contributed by atoms with van der Waals surface area (Å²) in [6.45, 7) is -0.156. The molecule has 3 aliphatic rings. The molecule has 1 aliphatic carbocycles. The Morgan fingerprint density at radius 1 is 1.07 bits per heavy atom. The highest BCUT2D eigenvalue weighted by molar-refractivity contribution is 6.31. The largest absolute Gasteiger partial charge is 0.482 e. The van der Waals surface area contributed by atoms with Crippen LogP contribution >= 0.6 is 11.6 Å². The number of benzene rings is 2. The van der Waals surface area contributed by atoms with E-state index in [1.807, 2.05) is 0 Å². The van der Waals surface area contributed by atoms with E-state index in [0.29, 0.717) is 29.2 Å². The Morgan fingerprint density at radius 2 is 1.91 bits per heavy atom. The number of rotatable bonds is 4. The fourth-order valence-electron chi connectivity index (χ4n) is 5.92. The third-order valence-electron chi connectivity index (χ3n) is 7.96. The van der Waals surface area contributed by atoms with Crippen molar-refractivity contribution < 1.29 is 27.1 Å². The van der Waals surface area contributed by atoms with Gasteiger partial charge in [0, 0.05) is 28.1 Å². The number of hydrogen-bond donors (Lipinski definition) is 2. The van der Waals surface area contributed by atoms with Gasteiger partial charge in [-0.05, 0) is 42.7 Å². The van der Waals surface area contributed by atoms with Gasteiger partial charge < -0.3 is 15.0 Å². The lowest BCUT2D eigenvalue weighted by Gasteiger charge is -2.18. The predicted molar refractivity (Wildman–Crippen MR) is 146 cm³/mol. The van der Waals surface area contributed by atoms with Gasteiger partial charge in [0.25, 0.3) is 11.5 Å². The van der Waals surface area contributed by atoms with Crippen molar-refractivity contribution in [2.24, 2.45) is 5.92 Å². The molecule has 5 aromatic rings. The third-order valence-corrected chi connectivity index (χ3v) is 8.20. The summed E-state index contributed by atoms with van der Waals surface area (Å²) >= 11 is 6.23. The summed E-state index contributed by atoms with van der Waals surface area (Å²) in [5.41, 5.74) is 0.0665. The number of nitrogens with zero attached hydrogens (tertiary/aromatic N) is 6. The maximum atomic E-state index is 15.2. The average molecular weight is 625 g/mol. The molecule has 3 aromatic heterocycles. The molecular formula is C28H17ClF4N8O3. The molecule has 8 rings (SSSR count). The summed E-state index contributed by atoms with van der Waals surface area (Å²) < 4.78 is 62.7. The molecule has 5 heterocycles. The van der Waals surface area contributed by atoms with Crippen LogP contribution < -0.4 is 15.6 Å². The van der Waals surface area contributed by atoms with Crippen LogP contribution in [0.5, 0.6) is 5.75 Å². The lowest BCUT2D eigenvalue weighted by Crippen LogP contribution is -2.27. The van der Waals surface area contributed by atoms with Gasteiger partial charge in [-0.1, -0.05) is 22.9 Å². The van der Waals surface area contributed by atoms with E-state index in [2.05, 4.69) is 25.6 Å². The van der Waals surface area contributed by atoms with Gasteiger partial charge in [0.15, 0.2) is 12.3 Å². The number of ether oxygens (including phenoxy) is 1. The van der Waals surface area contributed by atoms with Crippen LogP contribution in [0.15, 0.2) is 53.5 Å². The first-order valence-corrected chi connectivity index (χ1v) is 13.7. The van der Waals surface area contributed by atoms with Crippen molar-refractivity contribution in [3.63, 3.8) is 0 Å². The number of carbonyl (C=O) groups excluding carboxylic acids is 1. The first kappa shape index (κ1) is 26.6. The van der Waals surface area contributed by atoms with E-state index < -0.39 is 29.4 Å². The van der Waals surface area contributed by atoms with Crippen LogP contribution in [0, 0.1) is 11.9 Å². The fraction of sp³-hybridized carbons (Fsp3) is 0.214. The zero-order valence-corrected chi connectivity index (χ0v) is 22.8. The highest BCUT2D eigenvalue weighted by Crippen LogP contribution is 2.60. The van der Waals surface area contributed by atoms with E-state index in [0.717, 1.165) is 10.9 Å². The van der Waals surface area contributed by atoms with Crippen LogP contribution in [0.25, 0.3) is 28.2 Å². The summed E-state index contributed by atoms with van der Waals surface area (Å²) in [6.07, 6.45) is -3.26. The SMILES string of the molecule is O=C1COc2cc(-c3[nH]c(C4C5CC5c5nc(-c6cc(Cl)ccc6-n6cc(C(F)(F)F)nn6)cc(=O)n54)nc3F)ccc2N1. The van der Waals surface area contributed by atoms with E-state index in [1.54, 1.807) is 18.2 Å². The molecule has 0 bridgehead atoms. The van der Waals surface area contributed by atoms with Crippen LogP contribution in [0.2, 0.25) is 5.02 Å². The van der Waals surface area contributed by atoms with Gasteiger partial charge in [-0.15, -0.1) is 5.10 Å². The van der Waals surface area contributed by atoms with Gasteiger partial charge in [-0.3, -0.25) is 14.2 Å². The van der Waals surface area contributed by atoms with Crippen molar-refractivity contribution in [1.29, 1.82) is 0 Å². The second kappa shape index (κ2) is 9.22.